The van der Waals surface area contributed by atoms with Crippen LogP contribution < -0.4 is 11.1 Å². The van der Waals surface area contributed by atoms with E-state index in [-0.39, 0.29) is 17.3 Å². The lowest BCUT2D eigenvalue weighted by Gasteiger charge is -2.19. The zero-order valence-electron chi connectivity index (χ0n) is 19.7. The van der Waals surface area contributed by atoms with E-state index in [0.29, 0.717) is 10.7 Å². The van der Waals surface area contributed by atoms with Gasteiger partial charge in [0, 0.05) is 36.8 Å². The van der Waals surface area contributed by atoms with Crippen molar-refractivity contribution in [2.45, 2.75) is 19.1 Å². The first kappa shape index (κ1) is 26.4. The van der Waals surface area contributed by atoms with Crippen molar-refractivity contribution in [3.05, 3.63) is 65.6 Å². The molecule has 12 nitrogen and oxygen atoms in total. The molecule has 0 radical (unpaired) electrons. The molecule has 0 bridgehead atoms. The van der Waals surface area contributed by atoms with E-state index < -0.39 is 18.2 Å². The number of imidazole rings is 1. The molecular weight excluding hydrogens is 531 g/mol. The van der Waals surface area contributed by atoms with Gasteiger partial charge in [0.05, 0.1) is 41.0 Å². The van der Waals surface area contributed by atoms with Gasteiger partial charge in [-0.15, -0.1) is 5.10 Å². The second kappa shape index (κ2) is 10.0. The van der Waals surface area contributed by atoms with Crippen LogP contribution in [-0.2, 0) is 11.8 Å². The lowest BCUT2D eigenvalue weighted by Crippen LogP contribution is -2.28. The second-order valence-corrected chi connectivity index (χ2v) is 8.40. The van der Waals surface area contributed by atoms with Gasteiger partial charge in [0.15, 0.2) is 11.5 Å². The Hall–Kier alpha value is -4.66. The van der Waals surface area contributed by atoms with Gasteiger partial charge in [0.2, 0.25) is 0 Å². The molecule has 38 heavy (non-hydrogen) atoms. The summed E-state index contributed by atoms with van der Waals surface area (Å²) in [6.07, 6.45) is 5.23. The molecule has 0 spiro atoms. The van der Waals surface area contributed by atoms with Gasteiger partial charge in [0.25, 0.3) is 5.91 Å². The average Bonchev–Trinajstić information content (AvgIpc) is 3.56. The van der Waals surface area contributed by atoms with E-state index >= 15 is 0 Å². The number of amides is 1. The van der Waals surface area contributed by atoms with Crippen LogP contribution >= 0.6 is 11.6 Å². The summed E-state index contributed by atoms with van der Waals surface area (Å²) >= 11 is 6.51. The highest BCUT2D eigenvalue weighted by molar-refractivity contribution is 6.34. The third-order valence-electron chi connectivity index (χ3n) is 5.36. The van der Waals surface area contributed by atoms with E-state index in [1.165, 1.54) is 4.52 Å². The Balaban J connectivity index is 0.000000426. The van der Waals surface area contributed by atoms with Crippen molar-refractivity contribution < 1.29 is 27.9 Å². The maximum atomic E-state index is 13.1. The number of nitrogens with zero attached hydrogens (tertiary/aromatic N) is 7. The minimum absolute atomic E-state index is 0.110. The molecule has 1 atom stereocenters. The quantitative estimate of drug-likeness (QED) is 0.308. The summed E-state index contributed by atoms with van der Waals surface area (Å²) in [6, 6.07) is 3.14. The number of anilines is 1. The minimum atomic E-state index is -5.08. The molecule has 4 N–H and O–H groups in total. The monoisotopic (exact) mass is 549 g/mol. The molecule has 0 aliphatic rings. The summed E-state index contributed by atoms with van der Waals surface area (Å²) in [6.45, 7) is 1.88. The number of nitrogens with two attached hydrogens (primary N) is 1. The maximum absolute atomic E-state index is 13.1. The van der Waals surface area contributed by atoms with Gasteiger partial charge in [-0.25, -0.2) is 19.3 Å². The number of carboxylic acids is 1. The number of nitrogens with one attached hydrogen (secondary N) is 1. The zero-order chi connectivity index (χ0) is 27.8. The number of rotatable bonds is 4. The van der Waals surface area contributed by atoms with Gasteiger partial charge in [0.1, 0.15) is 5.56 Å². The van der Waals surface area contributed by atoms with E-state index in [2.05, 4.69) is 25.5 Å². The molecule has 0 saturated heterocycles. The number of halogens is 4. The molecule has 5 aromatic rings. The van der Waals surface area contributed by atoms with E-state index in [1.807, 2.05) is 30.6 Å². The molecule has 1 amide bonds. The number of aromatic nitrogens is 7. The summed E-state index contributed by atoms with van der Waals surface area (Å²) in [7, 11) is 1.84. The van der Waals surface area contributed by atoms with Crippen LogP contribution in [0.25, 0.3) is 22.4 Å². The Morgan fingerprint density at radius 1 is 1.26 bits per heavy atom. The third kappa shape index (κ3) is 5.08. The smallest absolute Gasteiger partial charge is 0.475 e. The molecule has 5 aromatic heterocycles. The Morgan fingerprint density at radius 2 is 1.97 bits per heavy atom. The molecule has 0 aliphatic heterocycles. The van der Waals surface area contributed by atoms with Gasteiger partial charge >= 0.3 is 12.1 Å². The standard InChI is InChI=1S/C20H18ClN9O.C2HF3O2/c1-11(26-20(31)16-18(22)27-30-5-3-4-24-19(16)30)13-6-14(21)15-8-23-10-29(15)17(13)12-7-25-28(2)9-12;3-2(4,5)1(6)7/h3-11H,1-2H3,(H2,22,27)(H,26,31);(H,6,7). The number of hydrogen-bond donors (Lipinski definition) is 3. The number of alkyl halides is 3. The summed E-state index contributed by atoms with van der Waals surface area (Å²) in [5, 5.41) is 19.1. The number of aryl methyl sites for hydroxylation is 1. The van der Waals surface area contributed by atoms with Crippen LogP contribution in [-0.4, -0.2) is 56.9 Å². The molecule has 198 valence electrons. The van der Waals surface area contributed by atoms with Gasteiger partial charge in [-0.05, 0) is 19.1 Å². The lowest BCUT2D eigenvalue weighted by atomic mass is 10.0. The van der Waals surface area contributed by atoms with Gasteiger partial charge in [-0.1, -0.05) is 11.6 Å². The fourth-order valence-corrected chi connectivity index (χ4v) is 3.97. The Bertz CT molecular complexity index is 1660. The zero-order valence-corrected chi connectivity index (χ0v) is 20.4. The van der Waals surface area contributed by atoms with E-state index in [0.717, 1.165) is 22.3 Å². The van der Waals surface area contributed by atoms with E-state index in [9.17, 15) is 18.0 Å². The normalized spacial score (nSPS) is 12.3. The first-order valence-corrected chi connectivity index (χ1v) is 11.1. The number of aliphatic carboxylic acids is 1. The number of hydrogen-bond acceptors (Lipinski definition) is 7. The SMILES string of the molecule is CC(NC(=O)c1c(N)nn2cccnc12)c1cc(Cl)c2cncn2c1-c1cnn(C)c1.O=C(O)C(F)(F)F. The number of carbonyl (C=O) groups excluding carboxylic acids is 1. The van der Waals surface area contributed by atoms with Crippen molar-refractivity contribution in [1.82, 2.24) is 39.1 Å². The van der Waals surface area contributed by atoms with Crippen LogP contribution in [0.15, 0.2) is 49.4 Å². The number of pyridine rings is 1. The third-order valence-corrected chi connectivity index (χ3v) is 5.67. The highest BCUT2D eigenvalue weighted by atomic mass is 35.5. The van der Waals surface area contributed by atoms with Crippen molar-refractivity contribution >= 4 is 40.5 Å². The van der Waals surface area contributed by atoms with Crippen LogP contribution in [0.5, 0.6) is 0 Å². The molecule has 0 aromatic carbocycles. The number of carboxylic acid groups (broad SMARTS) is 1. The van der Waals surface area contributed by atoms with Crippen molar-refractivity contribution in [3.8, 4) is 11.3 Å². The maximum Gasteiger partial charge on any atom is 0.490 e. The largest absolute Gasteiger partial charge is 0.490 e. The lowest BCUT2D eigenvalue weighted by molar-refractivity contribution is -0.192. The number of carbonyl (C=O) groups is 2. The Labute approximate surface area is 216 Å². The topological polar surface area (TPSA) is 158 Å². The van der Waals surface area contributed by atoms with Gasteiger partial charge in [-0.2, -0.15) is 18.3 Å². The predicted molar refractivity (Wildman–Crippen MR) is 129 cm³/mol. The van der Waals surface area contributed by atoms with Crippen molar-refractivity contribution in [2.24, 2.45) is 7.05 Å². The molecule has 16 heteroatoms. The van der Waals surface area contributed by atoms with Crippen molar-refractivity contribution in [2.75, 3.05) is 5.73 Å². The molecule has 5 rings (SSSR count). The van der Waals surface area contributed by atoms with Crippen LogP contribution in [0.1, 0.15) is 28.9 Å². The fourth-order valence-electron chi connectivity index (χ4n) is 3.72. The first-order chi connectivity index (χ1) is 17.9. The highest BCUT2D eigenvalue weighted by Crippen LogP contribution is 2.33. The molecule has 0 saturated carbocycles. The van der Waals surface area contributed by atoms with Crippen LogP contribution in [0.2, 0.25) is 5.02 Å². The van der Waals surface area contributed by atoms with Gasteiger partial charge in [-0.3, -0.25) is 13.9 Å². The average molecular weight is 550 g/mol. The molecule has 5 heterocycles. The summed E-state index contributed by atoms with van der Waals surface area (Å²) in [4.78, 5) is 30.5. The summed E-state index contributed by atoms with van der Waals surface area (Å²) < 4.78 is 36.8. The van der Waals surface area contributed by atoms with Gasteiger partial charge < -0.3 is 16.2 Å². The Morgan fingerprint density at radius 3 is 2.61 bits per heavy atom. The van der Waals surface area contributed by atoms with Crippen LogP contribution in [0.4, 0.5) is 19.0 Å². The van der Waals surface area contributed by atoms with E-state index in [4.69, 9.17) is 27.2 Å². The van der Waals surface area contributed by atoms with Crippen LogP contribution in [0, 0.1) is 0 Å². The second-order valence-electron chi connectivity index (χ2n) is 7.99. The Kier molecular flexibility index (Phi) is 6.95. The molecular formula is C22H19ClF3N9O3. The van der Waals surface area contributed by atoms with Crippen LogP contribution in [0.3, 0.4) is 0 Å². The predicted octanol–water partition coefficient (Wildman–Crippen LogP) is 3.14. The first-order valence-electron chi connectivity index (χ1n) is 10.7. The minimum Gasteiger partial charge on any atom is -0.475 e. The molecule has 0 aliphatic carbocycles. The summed E-state index contributed by atoms with van der Waals surface area (Å²) in [5.74, 6) is -3.02. The highest BCUT2D eigenvalue weighted by Gasteiger charge is 2.38. The van der Waals surface area contributed by atoms with Crippen molar-refractivity contribution in [3.63, 3.8) is 0 Å². The number of fused-ring (bicyclic) bond motifs is 2. The number of nitrogen functional groups attached to an aromatic ring is 1. The fraction of sp³-hybridized carbons (Fsp3) is 0.182. The molecule has 1 unspecified atom stereocenters. The van der Waals surface area contributed by atoms with E-state index in [1.54, 1.807) is 41.9 Å². The van der Waals surface area contributed by atoms with Crippen molar-refractivity contribution in [1.29, 1.82) is 0 Å². The molecule has 0 fully saturated rings. The summed E-state index contributed by atoms with van der Waals surface area (Å²) in [5.41, 5.74) is 9.89.